The van der Waals surface area contributed by atoms with Gasteiger partial charge in [-0.1, -0.05) is 0 Å². The standard InChI is InChI=1S/C33H34N8O3/c1-39-25-10-6-20(32(42)41-17-22-7-11-26(41)29(22)34)13-24(25)37-31(39)27-14-19-5-9-23(36-30(19)40(27)16-18-3-4-18)21-8-12-28(35-15-21)38-33(43)44-2/h5-6,8-10,12-15,18,22,26,29H,3-4,7,11,16-17,34H2,1-2H3,(H,35,38,43)/t22-,26-,29-/m1/s1. The molecule has 3 aliphatic rings. The van der Waals surface area contributed by atoms with Crippen molar-refractivity contribution in [3.05, 3.63) is 60.3 Å². The first-order valence-electron chi connectivity index (χ1n) is 15.2. The lowest BCUT2D eigenvalue weighted by Gasteiger charge is -2.27. The predicted molar refractivity (Wildman–Crippen MR) is 167 cm³/mol. The third kappa shape index (κ3) is 4.41. The van der Waals surface area contributed by atoms with Crippen LogP contribution in [0.2, 0.25) is 0 Å². The van der Waals surface area contributed by atoms with Crippen LogP contribution in [0.1, 0.15) is 36.0 Å². The quantitative estimate of drug-likeness (QED) is 0.290. The lowest BCUT2D eigenvalue weighted by atomic mass is 10.1. The number of likely N-dealkylation sites (tertiary alicyclic amines) is 1. The van der Waals surface area contributed by atoms with Gasteiger partial charge in [-0.05, 0) is 86.1 Å². The molecule has 0 spiro atoms. The summed E-state index contributed by atoms with van der Waals surface area (Å²) in [5.74, 6) is 2.32. The first-order valence-corrected chi connectivity index (χ1v) is 15.2. The molecular weight excluding hydrogens is 556 g/mol. The number of fused-ring (bicyclic) bond motifs is 4. The molecule has 3 fully saturated rings. The molecule has 3 atom stereocenters. The summed E-state index contributed by atoms with van der Waals surface area (Å²) in [6, 6.07) is 15.9. The number of benzene rings is 1. The van der Waals surface area contributed by atoms with E-state index in [0.29, 0.717) is 23.2 Å². The number of aromatic nitrogens is 5. The molecule has 2 bridgehead atoms. The van der Waals surface area contributed by atoms with E-state index in [9.17, 15) is 9.59 Å². The number of imidazole rings is 1. The smallest absolute Gasteiger partial charge is 0.412 e. The summed E-state index contributed by atoms with van der Waals surface area (Å²) in [6.07, 6.45) is 5.63. The highest BCUT2D eigenvalue weighted by Crippen LogP contribution is 2.39. The van der Waals surface area contributed by atoms with Gasteiger partial charge in [-0.2, -0.15) is 0 Å². The zero-order chi connectivity index (χ0) is 30.1. The molecule has 4 aromatic heterocycles. The van der Waals surface area contributed by atoms with Gasteiger partial charge in [-0.3, -0.25) is 10.1 Å². The van der Waals surface area contributed by atoms with Crippen molar-refractivity contribution in [3.63, 3.8) is 0 Å². The fourth-order valence-electron chi connectivity index (χ4n) is 7.00. The number of carbonyl (C=O) groups is 2. The Morgan fingerprint density at radius 1 is 1.05 bits per heavy atom. The Morgan fingerprint density at radius 2 is 1.91 bits per heavy atom. The highest BCUT2D eigenvalue weighted by molar-refractivity contribution is 5.98. The Kier molecular flexibility index (Phi) is 6.19. The number of methoxy groups -OCH3 is 1. The van der Waals surface area contributed by atoms with Crippen LogP contribution in [0, 0.1) is 11.8 Å². The van der Waals surface area contributed by atoms with Crippen molar-refractivity contribution in [1.29, 1.82) is 0 Å². The van der Waals surface area contributed by atoms with Crippen LogP contribution in [-0.2, 0) is 18.3 Å². The van der Waals surface area contributed by atoms with E-state index in [4.69, 9.17) is 15.7 Å². The third-order valence-corrected chi connectivity index (χ3v) is 9.63. The van der Waals surface area contributed by atoms with Crippen molar-refractivity contribution in [2.45, 2.75) is 44.3 Å². The number of hydrogen-bond acceptors (Lipinski definition) is 7. The number of rotatable bonds is 6. The lowest BCUT2D eigenvalue weighted by Crippen LogP contribution is -2.41. The van der Waals surface area contributed by atoms with E-state index in [-0.39, 0.29) is 18.0 Å². The van der Waals surface area contributed by atoms with Crippen molar-refractivity contribution in [1.82, 2.24) is 29.0 Å². The van der Waals surface area contributed by atoms with Gasteiger partial charge in [-0.15, -0.1) is 0 Å². The maximum absolute atomic E-state index is 13.5. The van der Waals surface area contributed by atoms with Crippen molar-refractivity contribution in [2.24, 2.45) is 24.6 Å². The third-order valence-electron chi connectivity index (χ3n) is 9.63. The zero-order valence-electron chi connectivity index (χ0n) is 24.7. The van der Waals surface area contributed by atoms with Crippen LogP contribution in [0.3, 0.4) is 0 Å². The van der Waals surface area contributed by atoms with Gasteiger partial charge in [0.1, 0.15) is 11.5 Å². The van der Waals surface area contributed by atoms with Gasteiger partial charge in [-0.25, -0.2) is 19.7 Å². The van der Waals surface area contributed by atoms with E-state index in [1.54, 1.807) is 12.3 Å². The van der Waals surface area contributed by atoms with Crippen LogP contribution in [0.25, 0.3) is 44.8 Å². The molecule has 5 aromatic rings. The molecule has 1 aliphatic heterocycles. The number of amides is 2. The first kappa shape index (κ1) is 26.8. The van der Waals surface area contributed by atoms with Crippen LogP contribution in [0.4, 0.5) is 10.6 Å². The summed E-state index contributed by atoms with van der Waals surface area (Å²) >= 11 is 0. The van der Waals surface area contributed by atoms with Crippen LogP contribution in [0.5, 0.6) is 0 Å². The maximum atomic E-state index is 13.5. The topological polar surface area (TPSA) is 133 Å². The van der Waals surface area contributed by atoms with Gasteiger partial charge in [0.15, 0.2) is 5.82 Å². The molecule has 1 aromatic carbocycles. The monoisotopic (exact) mass is 590 g/mol. The highest BCUT2D eigenvalue weighted by Gasteiger charge is 2.46. The Balaban J connectivity index is 1.15. The van der Waals surface area contributed by atoms with E-state index < -0.39 is 6.09 Å². The minimum absolute atomic E-state index is 0.0462. The van der Waals surface area contributed by atoms with Crippen LogP contribution in [0.15, 0.2) is 54.7 Å². The average Bonchev–Trinajstić information content (AvgIpc) is 3.45. The van der Waals surface area contributed by atoms with Crippen molar-refractivity contribution >= 4 is 39.9 Å². The van der Waals surface area contributed by atoms with Crippen molar-refractivity contribution < 1.29 is 14.3 Å². The van der Waals surface area contributed by atoms with Crippen LogP contribution >= 0.6 is 0 Å². The summed E-state index contributed by atoms with van der Waals surface area (Å²) in [6.45, 7) is 1.61. The van der Waals surface area contributed by atoms with E-state index in [2.05, 4.69) is 36.3 Å². The first-order chi connectivity index (χ1) is 21.4. The number of carbonyl (C=O) groups excluding carboxylic acids is 2. The fraction of sp³-hybridized carbons (Fsp3) is 0.364. The minimum Gasteiger partial charge on any atom is -0.453 e. The number of piperidine rings is 1. The van der Waals surface area contributed by atoms with Gasteiger partial charge in [0.05, 0.1) is 29.5 Å². The molecule has 3 N–H and O–H groups in total. The van der Waals surface area contributed by atoms with E-state index in [1.807, 2.05) is 42.3 Å². The normalized spacial score (nSPS) is 21.0. The summed E-state index contributed by atoms with van der Waals surface area (Å²) in [5.41, 5.74) is 12.3. The van der Waals surface area contributed by atoms with E-state index in [0.717, 1.165) is 70.8 Å². The molecule has 1 saturated heterocycles. The molecule has 5 heterocycles. The number of nitrogens with zero attached hydrogens (tertiary/aromatic N) is 6. The Morgan fingerprint density at radius 3 is 2.61 bits per heavy atom. The average molecular weight is 591 g/mol. The van der Waals surface area contributed by atoms with Gasteiger partial charge in [0, 0.05) is 54.9 Å². The molecule has 2 aliphatic carbocycles. The van der Waals surface area contributed by atoms with E-state index in [1.165, 1.54) is 20.0 Å². The lowest BCUT2D eigenvalue weighted by molar-refractivity contribution is 0.0700. The SMILES string of the molecule is COC(=O)Nc1ccc(-c2ccc3cc(-c4nc5cc(C(=O)N6C[C@H]7CC[C@@H]6[C@@H]7N)ccc5n4C)n(CC4CC4)c3n2)cn1. The van der Waals surface area contributed by atoms with Crippen molar-refractivity contribution in [3.8, 4) is 22.8 Å². The fourth-order valence-corrected chi connectivity index (χ4v) is 7.00. The molecule has 44 heavy (non-hydrogen) atoms. The molecule has 0 unspecified atom stereocenters. The predicted octanol–water partition coefficient (Wildman–Crippen LogP) is 4.80. The maximum Gasteiger partial charge on any atom is 0.412 e. The Bertz CT molecular complexity index is 1940. The zero-order valence-corrected chi connectivity index (χ0v) is 24.7. The van der Waals surface area contributed by atoms with Gasteiger partial charge < -0.3 is 24.5 Å². The number of nitrogens with two attached hydrogens (primary N) is 1. The molecular formula is C33H34N8O3. The van der Waals surface area contributed by atoms with Crippen LogP contribution in [-0.4, -0.2) is 66.7 Å². The number of pyridine rings is 2. The molecule has 11 nitrogen and oxygen atoms in total. The summed E-state index contributed by atoms with van der Waals surface area (Å²) < 4.78 is 9.04. The molecule has 2 amide bonds. The molecule has 8 rings (SSSR count). The highest BCUT2D eigenvalue weighted by atomic mass is 16.5. The summed E-state index contributed by atoms with van der Waals surface area (Å²) in [5, 5.41) is 3.61. The number of aryl methyl sites for hydroxylation is 1. The summed E-state index contributed by atoms with van der Waals surface area (Å²) in [4.78, 5) is 41.5. The Hall–Kier alpha value is -4.77. The Labute approximate surface area is 254 Å². The second-order valence-corrected chi connectivity index (χ2v) is 12.4. The number of ether oxygens (including phenoxy) is 1. The second-order valence-electron chi connectivity index (χ2n) is 12.4. The van der Waals surface area contributed by atoms with Gasteiger partial charge >= 0.3 is 6.09 Å². The molecule has 11 heteroatoms. The molecule has 224 valence electrons. The van der Waals surface area contributed by atoms with Crippen LogP contribution < -0.4 is 11.1 Å². The second kappa shape index (κ2) is 10.2. The number of hydrogen-bond donors (Lipinski definition) is 2. The minimum atomic E-state index is -0.567. The summed E-state index contributed by atoms with van der Waals surface area (Å²) in [7, 11) is 3.34. The van der Waals surface area contributed by atoms with Gasteiger partial charge in [0.25, 0.3) is 5.91 Å². The number of anilines is 1. The van der Waals surface area contributed by atoms with Crippen molar-refractivity contribution in [2.75, 3.05) is 19.0 Å². The molecule has 2 saturated carbocycles. The largest absolute Gasteiger partial charge is 0.453 e. The van der Waals surface area contributed by atoms with Gasteiger partial charge in [0.2, 0.25) is 0 Å². The van der Waals surface area contributed by atoms with E-state index >= 15 is 0 Å². The molecule has 0 radical (unpaired) electrons. The number of nitrogens with one attached hydrogen (secondary N) is 1.